The molecule has 4 rings (SSSR count). The van der Waals surface area contributed by atoms with Crippen molar-refractivity contribution in [1.29, 1.82) is 0 Å². The van der Waals surface area contributed by atoms with Gasteiger partial charge in [-0.2, -0.15) is 0 Å². The predicted molar refractivity (Wildman–Crippen MR) is 111 cm³/mol. The molecular formula is C18H19N5O3S2. The number of aliphatic imine (C=N–C) groups is 1. The van der Waals surface area contributed by atoms with Gasteiger partial charge in [0.1, 0.15) is 36.1 Å². The Balaban J connectivity index is 1.27. The second-order valence-corrected chi connectivity index (χ2v) is 7.55. The van der Waals surface area contributed by atoms with E-state index in [1.54, 1.807) is 24.3 Å². The van der Waals surface area contributed by atoms with E-state index in [4.69, 9.17) is 9.47 Å². The van der Waals surface area contributed by atoms with Gasteiger partial charge in [0.15, 0.2) is 11.1 Å². The quantitative estimate of drug-likeness (QED) is 0.508. The highest BCUT2D eigenvalue weighted by Crippen LogP contribution is 2.29. The third-order valence-corrected chi connectivity index (χ3v) is 5.28. The van der Waals surface area contributed by atoms with Crippen LogP contribution in [-0.2, 0) is 0 Å². The standard InChI is InChI=1S/C18H19N5O3S2/c24-12-3-1-4-13(9-12)25-7-8-26-18-22-15(11-28-18)14-10-27-17(21-14)23-16-19-5-2-6-20-16/h1,3-4,9-11,24H,2,5-8H2,(H2,19,20,21,23). The highest BCUT2D eigenvalue weighted by molar-refractivity contribution is 7.14. The maximum absolute atomic E-state index is 9.41. The van der Waals surface area contributed by atoms with Gasteiger partial charge >= 0.3 is 0 Å². The molecule has 1 aliphatic rings. The summed E-state index contributed by atoms with van der Waals surface area (Å²) in [7, 11) is 0. The summed E-state index contributed by atoms with van der Waals surface area (Å²) < 4.78 is 11.2. The number of nitrogens with zero attached hydrogens (tertiary/aromatic N) is 3. The molecule has 8 nitrogen and oxygen atoms in total. The van der Waals surface area contributed by atoms with E-state index in [9.17, 15) is 5.11 Å². The number of rotatable bonds is 7. The summed E-state index contributed by atoms with van der Waals surface area (Å²) in [6, 6.07) is 6.67. The summed E-state index contributed by atoms with van der Waals surface area (Å²) in [5.41, 5.74) is 1.57. The third kappa shape index (κ3) is 4.90. The number of thiazole rings is 2. The number of guanidine groups is 1. The first-order valence-electron chi connectivity index (χ1n) is 8.78. The van der Waals surface area contributed by atoms with E-state index in [0.717, 1.165) is 42.0 Å². The van der Waals surface area contributed by atoms with Crippen LogP contribution in [0.25, 0.3) is 11.4 Å². The van der Waals surface area contributed by atoms with Crippen molar-refractivity contribution < 1.29 is 14.6 Å². The molecule has 3 N–H and O–H groups in total. The summed E-state index contributed by atoms with van der Waals surface area (Å²) in [5, 5.41) is 21.0. The van der Waals surface area contributed by atoms with Gasteiger partial charge in [0, 0.05) is 29.9 Å². The van der Waals surface area contributed by atoms with Crippen LogP contribution in [-0.4, -0.2) is 47.3 Å². The van der Waals surface area contributed by atoms with Crippen LogP contribution in [0.5, 0.6) is 16.7 Å². The molecule has 3 heterocycles. The highest BCUT2D eigenvalue weighted by Gasteiger charge is 2.12. The Kier molecular flexibility index (Phi) is 5.88. The maximum Gasteiger partial charge on any atom is 0.273 e. The van der Waals surface area contributed by atoms with Crippen molar-refractivity contribution in [2.24, 2.45) is 4.99 Å². The number of hydrogen-bond donors (Lipinski definition) is 3. The summed E-state index contributed by atoms with van der Waals surface area (Å²) in [6.07, 6.45) is 1.05. The molecule has 0 fully saturated rings. The SMILES string of the molecule is Oc1cccc(OCCOc2nc(-c3csc(NC4=NCCCN4)n3)cs2)c1. The number of phenolic OH excluding ortho intramolecular Hbond substituents is 1. The minimum absolute atomic E-state index is 0.173. The molecule has 0 amide bonds. The van der Waals surface area contributed by atoms with Crippen LogP contribution in [0.1, 0.15) is 6.42 Å². The van der Waals surface area contributed by atoms with Gasteiger partial charge in [0.25, 0.3) is 5.19 Å². The van der Waals surface area contributed by atoms with Gasteiger partial charge in [-0.05, 0) is 18.6 Å². The third-order valence-electron chi connectivity index (χ3n) is 3.77. The summed E-state index contributed by atoms with van der Waals surface area (Å²) in [4.78, 5) is 13.4. The molecule has 1 aromatic carbocycles. The number of benzene rings is 1. The summed E-state index contributed by atoms with van der Waals surface area (Å²) in [6.45, 7) is 2.47. The smallest absolute Gasteiger partial charge is 0.273 e. The number of phenols is 1. The highest BCUT2D eigenvalue weighted by atomic mass is 32.1. The Morgan fingerprint density at radius 2 is 1.96 bits per heavy atom. The van der Waals surface area contributed by atoms with Gasteiger partial charge in [0.05, 0.1) is 0 Å². The van der Waals surface area contributed by atoms with Crippen LogP contribution in [0, 0.1) is 0 Å². The van der Waals surface area contributed by atoms with E-state index in [0.29, 0.717) is 24.2 Å². The van der Waals surface area contributed by atoms with Crippen LogP contribution >= 0.6 is 22.7 Å². The lowest BCUT2D eigenvalue weighted by atomic mass is 10.3. The van der Waals surface area contributed by atoms with Crippen molar-refractivity contribution in [3.05, 3.63) is 35.0 Å². The molecule has 0 saturated heterocycles. The first kappa shape index (κ1) is 18.5. The molecule has 2 aromatic heterocycles. The van der Waals surface area contributed by atoms with Gasteiger partial charge < -0.3 is 25.2 Å². The van der Waals surface area contributed by atoms with Crippen molar-refractivity contribution in [1.82, 2.24) is 15.3 Å². The lowest BCUT2D eigenvalue weighted by molar-refractivity contribution is 0.216. The average Bonchev–Trinajstić information content (AvgIpc) is 3.36. The zero-order valence-corrected chi connectivity index (χ0v) is 16.6. The van der Waals surface area contributed by atoms with Gasteiger partial charge in [-0.15, -0.1) is 11.3 Å². The largest absolute Gasteiger partial charge is 0.508 e. The van der Waals surface area contributed by atoms with Gasteiger partial charge in [-0.25, -0.2) is 9.97 Å². The molecule has 0 saturated carbocycles. The lowest BCUT2D eigenvalue weighted by Gasteiger charge is -2.13. The number of ether oxygens (including phenoxy) is 2. The van der Waals surface area contributed by atoms with Crippen molar-refractivity contribution >= 4 is 33.8 Å². The van der Waals surface area contributed by atoms with Gasteiger partial charge in [-0.3, -0.25) is 4.99 Å². The molecule has 10 heteroatoms. The van der Waals surface area contributed by atoms with Crippen molar-refractivity contribution in [3.63, 3.8) is 0 Å². The Morgan fingerprint density at radius 3 is 2.82 bits per heavy atom. The van der Waals surface area contributed by atoms with Crippen molar-refractivity contribution in [2.45, 2.75) is 6.42 Å². The number of aromatic hydroxyl groups is 1. The van der Waals surface area contributed by atoms with E-state index < -0.39 is 0 Å². The van der Waals surface area contributed by atoms with E-state index >= 15 is 0 Å². The molecule has 0 unspecified atom stereocenters. The Hall–Kier alpha value is -2.85. The van der Waals surface area contributed by atoms with Crippen LogP contribution in [0.15, 0.2) is 40.0 Å². The molecule has 0 spiro atoms. The van der Waals surface area contributed by atoms with E-state index in [-0.39, 0.29) is 5.75 Å². The first-order chi connectivity index (χ1) is 13.8. The fourth-order valence-electron chi connectivity index (χ4n) is 2.47. The average molecular weight is 418 g/mol. The monoisotopic (exact) mass is 417 g/mol. The molecule has 0 bridgehead atoms. The molecular weight excluding hydrogens is 398 g/mol. The van der Waals surface area contributed by atoms with Gasteiger partial charge in [-0.1, -0.05) is 17.4 Å². The Morgan fingerprint density at radius 1 is 1.11 bits per heavy atom. The molecule has 28 heavy (non-hydrogen) atoms. The first-order valence-corrected chi connectivity index (χ1v) is 10.5. The van der Waals surface area contributed by atoms with Crippen LogP contribution in [0.3, 0.4) is 0 Å². The van der Waals surface area contributed by atoms with E-state index in [1.165, 1.54) is 22.7 Å². The molecule has 0 radical (unpaired) electrons. The predicted octanol–water partition coefficient (Wildman–Crippen LogP) is 3.19. The van der Waals surface area contributed by atoms with E-state index in [2.05, 4.69) is 25.6 Å². The zero-order valence-electron chi connectivity index (χ0n) is 14.9. The van der Waals surface area contributed by atoms with Crippen LogP contribution in [0.4, 0.5) is 5.13 Å². The van der Waals surface area contributed by atoms with Crippen molar-refractivity contribution in [2.75, 3.05) is 31.6 Å². The topological polar surface area (TPSA) is 101 Å². The van der Waals surface area contributed by atoms with Crippen LogP contribution < -0.4 is 20.1 Å². The zero-order chi connectivity index (χ0) is 19.2. The summed E-state index contributed by atoms with van der Waals surface area (Å²) in [5.74, 6) is 1.54. The Bertz CT molecular complexity index is 956. The molecule has 146 valence electrons. The minimum atomic E-state index is 0.173. The fourth-order valence-corrected chi connectivity index (χ4v) is 3.86. The number of aromatic nitrogens is 2. The van der Waals surface area contributed by atoms with Crippen LogP contribution in [0.2, 0.25) is 0 Å². The lowest BCUT2D eigenvalue weighted by Crippen LogP contribution is -2.35. The summed E-state index contributed by atoms with van der Waals surface area (Å²) >= 11 is 2.93. The molecule has 3 aromatic rings. The fraction of sp³-hybridized carbons (Fsp3) is 0.278. The van der Waals surface area contributed by atoms with E-state index in [1.807, 2.05) is 10.8 Å². The number of anilines is 1. The number of nitrogens with one attached hydrogen (secondary N) is 2. The number of hydrogen-bond acceptors (Lipinski definition) is 10. The second-order valence-electron chi connectivity index (χ2n) is 5.87. The maximum atomic E-state index is 9.41. The Labute approximate surface area is 169 Å². The second kappa shape index (κ2) is 8.89. The minimum Gasteiger partial charge on any atom is -0.508 e. The molecule has 1 aliphatic heterocycles. The normalized spacial score (nSPS) is 13.5. The molecule has 0 atom stereocenters. The van der Waals surface area contributed by atoms with Gasteiger partial charge in [0.2, 0.25) is 0 Å². The van der Waals surface area contributed by atoms with Crippen molar-refractivity contribution in [3.8, 4) is 28.1 Å². The molecule has 0 aliphatic carbocycles.